The molecule has 4 aliphatic heterocycles. The number of hydrogen-bond acceptors (Lipinski definition) is 7. The summed E-state index contributed by atoms with van der Waals surface area (Å²) in [4.78, 5) is 48.4. The summed E-state index contributed by atoms with van der Waals surface area (Å²) in [6.45, 7) is 2.18. The van der Waals surface area contributed by atoms with Crippen LogP contribution >= 0.6 is 0 Å². The van der Waals surface area contributed by atoms with Crippen LogP contribution in [0.4, 0.5) is 28.4 Å². The van der Waals surface area contributed by atoms with E-state index < -0.39 is 5.60 Å². The van der Waals surface area contributed by atoms with Crippen LogP contribution in [-0.2, 0) is 21.7 Å². The van der Waals surface area contributed by atoms with Crippen molar-refractivity contribution in [3.8, 4) is 23.0 Å². The number of para-hydroxylation sites is 6. The monoisotopic (exact) mass is 755 g/mol. The molecule has 1 N–H and O–H groups in total. The molecule has 0 bridgehead atoms. The average Bonchev–Trinajstić information content (AvgIpc) is 3.57. The van der Waals surface area contributed by atoms with Gasteiger partial charge in [-0.05, 0) is 97.3 Å². The number of rotatable bonds is 6. The molecular formula is C47H37N3O7. The van der Waals surface area contributed by atoms with Gasteiger partial charge in [0.15, 0.2) is 17.1 Å². The Morgan fingerprint density at radius 1 is 0.632 bits per heavy atom. The number of hydrogen-bond donors (Lipinski definition) is 1. The molecule has 1 fully saturated rings. The molecule has 6 aromatic rings. The van der Waals surface area contributed by atoms with E-state index in [9.17, 15) is 19.5 Å². The number of nitrogens with zero attached hydrogens (tertiary/aromatic N) is 3. The zero-order valence-electron chi connectivity index (χ0n) is 31.0. The molecule has 4 heterocycles. The van der Waals surface area contributed by atoms with Gasteiger partial charge in [-0.2, -0.15) is 0 Å². The highest BCUT2D eigenvalue weighted by molar-refractivity contribution is 6.16. The molecule has 1 saturated heterocycles. The number of anilines is 5. The largest absolute Gasteiger partial charge is 0.454 e. The molecule has 0 aromatic heterocycles. The van der Waals surface area contributed by atoms with Gasteiger partial charge in [0, 0.05) is 29.5 Å². The molecule has 0 radical (unpaired) electrons. The smallest absolute Gasteiger partial charge is 0.266 e. The Hall–Kier alpha value is -6.75. The van der Waals surface area contributed by atoms with E-state index in [-0.39, 0.29) is 42.9 Å². The molecular weight excluding hydrogens is 719 g/mol. The Morgan fingerprint density at radius 2 is 1.16 bits per heavy atom. The van der Waals surface area contributed by atoms with E-state index in [1.54, 1.807) is 39.0 Å². The van der Waals surface area contributed by atoms with E-state index in [4.69, 9.17) is 14.2 Å². The molecule has 57 heavy (non-hydrogen) atoms. The molecule has 10 heteroatoms. The van der Waals surface area contributed by atoms with Gasteiger partial charge in [0.05, 0.1) is 40.8 Å². The van der Waals surface area contributed by atoms with E-state index in [1.165, 1.54) is 0 Å². The lowest BCUT2D eigenvalue weighted by Crippen LogP contribution is -2.43. The molecule has 10 nitrogen and oxygen atoms in total. The highest BCUT2D eigenvalue weighted by atomic mass is 16.5. The van der Waals surface area contributed by atoms with Crippen LogP contribution in [0.1, 0.15) is 51.6 Å². The zero-order chi connectivity index (χ0) is 38.8. The number of carbonyl (C=O) groups excluding carboxylic acids is 3. The summed E-state index contributed by atoms with van der Waals surface area (Å²) in [6.07, 6.45) is 0.660. The summed E-state index contributed by atoms with van der Waals surface area (Å²) in [7, 11) is 0. The van der Waals surface area contributed by atoms with Crippen molar-refractivity contribution in [1.29, 1.82) is 0 Å². The zero-order valence-corrected chi connectivity index (χ0v) is 31.0. The third-order valence-electron chi connectivity index (χ3n) is 11.4. The third kappa shape index (κ3) is 5.43. The number of benzene rings is 6. The van der Waals surface area contributed by atoms with Crippen molar-refractivity contribution < 1.29 is 33.7 Å². The van der Waals surface area contributed by atoms with E-state index >= 15 is 0 Å². The van der Waals surface area contributed by atoms with Gasteiger partial charge in [0.2, 0.25) is 0 Å². The van der Waals surface area contributed by atoms with Crippen molar-refractivity contribution in [1.82, 2.24) is 0 Å². The fourth-order valence-corrected chi connectivity index (χ4v) is 8.74. The SMILES string of the molecule is C[C@@H]1C[C@H](CCO)O[C@@]12C(=O)N(Cc1ccc(N3C(=O)c4ccccc4Oc4ccccc43)cc1)c1ccc(N3C(=O)c4ccccc4Oc4ccccc43)cc12. The lowest BCUT2D eigenvalue weighted by molar-refractivity contribution is -0.146. The van der Waals surface area contributed by atoms with E-state index in [1.807, 2.05) is 122 Å². The first-order valence-electron chi connectivity index (χ1n) is 19.1. The van der Waals surface area contributed by atoms with Crippen molar-refractivity contribution in [3.63, 3.8) is 0 Å². The Balaban J connectivity index is 1.03. The fourth-order valence-electron chi connectivity index (χ4n) is 8.74. The van der Waals surface area contributed by atoms with Gasteiger partial charge in [-0.1, -0.05) is 67.6 Å². The number of ether oxygens (including phenoxy) is 3. The maximum Gasteiger partial charge on any atom is 0.266 e. The molecule has 0 unspecified atom stereocenters. The predicted molar refractivity (Wildman–Crippen MR) is 215 cm³/mol. The lowest BCUT2D eigenvalue weighted by Gasteiger charge is -2.29. The lowest BCUT2D eigenvalue weighted by atomic mass is 9.82. The topological polar surface area (TPSA) is 109 Å². The molecule has 1 spiro atoms. The van der Waals surface area contributed by atoms with E-state index in [0.29, 0.717) is 81.0 Å². The van der Waals surface area contributed by atoms with Gasteiger partial charge in [-0.25, -0.2) is 0 Å². The van der Waals surface area contributed by atoms with Gasteiger partial charge in [-0.15, -0.1) is 0 Å². The summed E-state index contributed by atoms with van der Waals surface area (Å²) in [5.74, 6) is 1.15. The fraction of sp³-hybridized carbons (Fsp3) is 0.170. The van der Waals surface area contributed by atoms with Crippen LogP contribution in [-0.4, -0.2) is 35.5 Å². The molecule has 3 atom stereocenters. The Morgan fingerprint density at radius 3 is 1.75 bits per heavy atom. The Bertz CT molecular complexity index is 2610. The Labute approximate surface area is 329 Å². The number of aliphatic hydroxyl groups is 1. The number of aliphatic hydroxyl groups excluding tert-OH is 1. The van der Waals surface area contributed by atoms with Crippen LogP contribution in [0.3, 0.4) is 0 Å². The maximum atomic E-state index is 14.9. The van der Waals surface area contributed by atoms with Gasteiger partial charge in [-0.3, -0.25) is 24.2 Å². The minimum Gasteiger partial charge on any atom is -0.454 e. The summed E-state index contributed by atoms with van der Waals surface area (Å²) in [6, 6.07) is 42.5. The molecule has 10 rings (SSSR count). The first-order chi connectivity index (χ1) is 27.9. The van der Waals surface area contributed by atoms with Crippen LogP contribution in [0.2, 0.25) is 0 Å². The third-order valence-corrected chi connectivity index (χ3v) is 11.4. The quantitative estimate of drug-likeness (QED) is 0.181. The van der Waals surface area contributed by atoms with Gasteiger partial charge in [0.1, 0.15) is 11.5 Å². The Kier molecular flexibility index (Phi) is 8.21. The van der Waals surface area contributed by atoms with Crippen LogP contribution < -0.4 is 24.2 Å². The van der Waals surface area contributed by atoms with Gasteiger partial charge < -0.3 is 24.2 Å². The number of fused-ring (bicyclic) bond motifs is 6. The van der Waals surface area contributed by atoms with E-state index in [0.717, 1.165) is 5.56 Å². The van der Waals surface area contributed by atoms with Crippen molar-refractivity contribution in [2.45, 2.75) is 38.0 Å². The van der Waals surface area contributed by atoms with Crippen molar-refractivity contribution in [3.05, 3.63) is 162 Å². The van der Waals surface area contributed by atoms with Crippen molar-refractivity contribution in [2.24, 2.45) is 5.92 Å². The highest BCUT2D eigenvalue weighted by Crippen LogP contribution is 2.55. The first-order valence-corrected chi connectivity index (χ1v) is 19.1. The summed E-state index contributed by atoms with van der Waals surface area (Å²) >= 11 is 0. The molecule has 3 amide bonds. The van der Waals surface area contributed by atoms with Crippen LogP contribution in [0.25, 0.3) is 0 Å². The van der Waals surface area contributed by atoms with Crippen molar-refractivity contribution >= 4 is 46.2 Å². The molecule has 0 saturated carbocycles. The predicted octanol–water partition coefficient (Wildman–Crippen LogP) is 9.40. The summed E-state index contributed by atoms with van der Waals surface area (Å²) in [5, 5.41) is 9.88. The second kappa shape index (κ2) is 13.5. The van der Waals surface area contributed by atoms with Gasteiger partial charge in [0.25, 0.3) is 17.7 Å². The first kappa shape index (κ1) is 34.7. The molecule has 0 aliphatic carbocycles. The van der Waals surface area contributed by atoms with Crippen molar-refractivity contribution in [2.75, 3.05) is 21.3 Å². The normalized spacial score (nSPS) is 20.5. The number of amides is 3. The molecule has 6 aromatic carbocycles. The number of carbonyl (C=O) groups is 3. The minimum absolute atomic E-state index is 0.0647. The second-order valence-electron chi connectivity index (χ2n) is 14.8. The summed E-state index contributed by atoms with van der Waals surface area (Å²) < 4.78 is 19.2. The molecule has 282 valence electrons. The standard InChI is InChI=1S/C47H37N3O7/c1-29-26-33(24-25-51)57-47(29)36-27-32(50-39-13-5-9-17-43(39)56-41-15-7-3-11-35(41)45(50)53)22-23-37(36)48(46(47)54)28-30-18-20-31(21-19-30)49-38-12-4-8-16-42(38)55-40-14-6-2-10-34(40)44(49)52/h2-23,27,29,33,51H,24-26,28H2,1H3/t29-,33+,47+/m1/s1. The average molecular weight is 756 g/mol. The molecule has 4 aliphatic rings. The maximum absolute atomic E-state index is 14.9. The highest BCUT2D eigenvalue weighted by Gasteiger charge is 2.60. The minimum atomic E-state index is -1.33. The van der Waals surface area contributed by atoms with Crippen LogP contribution in [0.5, 0.6) is 23.0 Å². The summed E-state index contributed by atoms with van der Waals surface area (Å²) in [5.41, 5.74) is 4.15. The van der Waals surface area contributed by atoms with Crippen LogP contribution in [0.15, 0.2) is 140 Å². The second-order valence-corrected chi connectivity index (χ2v) is 14.8. The van der Waals surface area contributed by atoms with E-state index in [2.05, 4.69) is 0 Å². The van der Waals surface area contributed by atoms with Gasteiger partial charge >= 0.3 is 0 Å². The van der Waals surface area contributed by atoms with Crippen LogP contribution in [0, 0.1) is 5.92 Å².